The number of thiophene rings is 1. The van der Waals surface area contributed by atoms with Gasteiger partial charge in [-0.1, -0.05) is 0 Å². The number of likely N-dealkylation sites (N-methyl/N-ethyl adjacent to an activating group) is 1. The van der Waals surface area contributed by atoms with Crippen LogP contribution in [0.25, 0.3) is 0 Å². The number of methoxy groups -OCH3 is 1. The predicted molar refractivity (Wildman–Crippen MR) is 94.6 cm³/mol. The number of rotatable bonds is 6. The Kier molecular flexibility index (Phi) is 5.99. The van der Waals surface area contributed by atoms with Crippen molar-refractivity contribution >= 4 is 38.9 Å². The fourth-order valence-corrected chi connectivity index (χ4v) is 3.49. The minimum Gasteiger partial charge on any atom is -0.497 e. The number of hydrogen-bond acceptors (Lipinski definition) is 4. The summed E-state index contributed by atoms with van der Waals surface area (Å²) in [4.78, 5) is 15.6. The number of amides is 1. The van der Waals surface area contributed by atoms with Crippen LogP contribution in [0.2, 0.25) is 0 Å². The predicted octanol–water partition coefficient (Wildman–Crippen LogP) is 3.98. The normalized spacial score (nSPS) is 12.2. The van der Waals surface area contributed by atoms with Crippen LogP contribution in [-0.4, -0.2) is 31.0 Å². The van der Waals surface area contributed by atoms with Gasteiger partial charge in [0, 0.05) is 17.1 Å². The summed E-state index contributed by atoms with van der Waals surface area (Å²) in [6, 6.07) is 11.2. The van der Waals surface area contributed by atoms with Gasteiger partial charge in [-0.25, -0.2) is 0 Å². The Morgan fingerprint density at radius 1 is 1.32 bits per heavy atom. The Bertz CT molecular complexity index is 627. The minimum atomic E-state index is -0.219. The van der Waals surface area contributed by atoms with Gasteiger partial charge in [-0.15, -0.1) is 11.3 Å². The van der Waals surface area contributed by atoms with E-state index in [1.165, 1.54) is 4.88 Å². The molecule has 0 fully saturated rings. The molecule has 2 aromatic rings. The Balaban J connectivity index is 1.92. The van der Waals surface area contributed by atoms with Gasteiger partial charge in [0.05, 0.1) is 16.9 Å². The second-order valence-electron chi connectivity index (χ2n) is 5.01. The molecule has 0 aliphatic rings. The van der Waals surface area contributed by atoms with Crippen molar-refractivity contribution in [2.45, 2.75) is 19.5 Å². The van der Waals surface area contributed by atoms with Gasteiger partial charge in [-0.3, -0.25) is 9.69 Å². The third kappa shape index (κ3) is 4.56. The summed E-state index contributed by atoms with van der Waals surface area (Å²) in [6.45, 7) is 2.65. The van der Waals surface area contributed by atoms with E-state index < -0.39 is 0 Å². The Morgan fingerprint density at radius 3 is 2.55 bits per heavy atom. The third-order valence-corrected chi connectivity index (χ3v) is 5.04. The fourth-order valence-electron chi connectivity index (χ4n) is 1.94. The van der Waals surface area contributed by atoms with Gasteiger partial charge in [-0.2, -0.15) is 0 Å². The van der Waals surface area contributed by atoms with Gasteiger partial charge in [-0.05, 0) is 66.3 Å². The highest BCUT2D eigenvalue weighted by Crippen LogP contribution is 2.23. The van der Waals surface area contributed by atoms with Crippen LogP contribution in [0.1, 0.15) is 11.8 Å². The first-order valence-electron chi connectivity index (χ1n) is 6.89. The summed E-state index contributed by atoms with van der Waals surface area (Å²) >= 11 is 5.14. The molecular formula is C16H19BrN2O2S. The average Bonchev–Trinajstić information content (AvgIpc) is 2.92. The molecule has 2 rings (SSSR count). The van der Waals surface area contributed by atoms with E-state index in [-0.39, 0.29) is 11.9 Å². The van der Waals surface area contributed by atoms with Crippen molar-refractivity contribution in [3.63, 3.8) is 0 Å². The van der Waals surface area contributed by atoms with E-state index >= 15 is 0 Å². The molecule has 1 N–H and O–H groups in total. The van der Waals surface area contributed by atoms with Crippen molar-refractivity contribution in [3.8, 4) is 5.75 Å². The van der Waals surface area contributed by atoms with E-state index in [1.807, 2.05) is 49.2 Å². The molecule has 118 valence electrons. The van der Waals surface area contributed by atoms with E-state index in [2.05, 4.69) is 27.3 Å². The number of carbonyl (C=O) groups excluding carboxylic acids is 1. The number of ether oxygens (including phenoxy) is 1. The first-order valence-corrected chi connectivity index (χ1v) is 8.50. The van der Waals surface area contributed by atoms with E-state index in [0.29, 0.717) is 0 Å². The first kappa shape index (κ1) is 17.0. The minimum absolute atomic E-state index is 0.0247. The molecule has 0 saturated heterocycles. The Labute approximate surface area is 143 Å². The quantitative estimate of drug-likeness (QED) is 0.821. The highest BCUT2D eigenvalue weighted by molar-refractivity contribution is 9.11. The Morgan fingerprint density at radius 2 is 2.00 bits per heavy atom. The SMILES string of the molecule is COc1ccc(NC(=O)C(C)N(C)Cc2ccc(Br)s2)cc1. The number of hydrogen-bond donors (Lipinski definition) is 1. The summed E-state index contributed by atoms with van der Waals surface area (Å²) in [5, 5.41) is 2.92. The number of nitrogens with one attached hydrogen (secondary N) is 1. The number of carbonyl (C=O) groups is 1. The van der Waals surface area contributed by atoms with Crippen LogP contribution in [0.5, 0.6) is 5.75 Å². The van der Waals surface area contributed by atoms with Crippen LogP contribution in [0.4, 0.5) is 5.69 Å². The van der Waals surface area contributed by atoms with Crippen LogP contribution in [0.15, 0.2) is 40.2 Å². The molecular weight excluding hydrogens is 364 g/mol. The van der Waals surface area contributed by atoms with Gasteiger partial charge in [0.15, 0.2) is 0 Å². The lowest BCUT2D eigenvalue weighted by Crippen LogP contribution is -2.39. The van der Waals surface area contributed by atoms with E-state index in [1.54, 1.807) is 18.4 Å². The molecule has 6 heteroatoms. The maximum Gasteiger partial charge on any atom is 0.241 e. The highest BCUT2D eigenvalue weighted by Gasteiger charge is 2.18. The molecule has 1 heterocycles. The molecule has 0 radical (unpaired) electrons. The molecule has 1 unspecified atom stereocenters. The lowest BCUT2D eigenvalue weighted by Gasteiger charge is -2.23. The lowest BCUT2D eigenvalue weighted by atomic mass is 10.2. The molecule has 1 atom stereocenters. The number of halogens is 1. The van der Waals surface area contributed by atoms with Gasteiger partial charge < -0.3 is 10.1 Å². The third-order valence-electron chi connectivity index (χ3n) is 3.43. The zero-order valence-corrected chi connectivity index (χ0v) is 15.2. The maximum atomic E-state index is 12.3. The number of nitrogens with zero attached hydrogens (tertiary/aromatic N) is 1. The molecule has 4 nitrogen and oxygen atoms in total. The molecule has 1 aromatic heterocycles. The smallest absolute Gasteiger partial charge is 0.241 e. The van der Waals surface area contributed by atoms with E-state index in [9.17, 15) is 4.79 Å². The van der Waals surface area contributed by atoms with Crippen molar-refractivity contribution in [3.05, 3.63) is 45.1 Å². The van der Waals surface area contributed by atoms with Gasteiger partial charge in [0.1, 0.15) is 5.75 Å². The molecule has 0 saturated carbocycles. The Hall–Kier alpha value is -1.37. The fraction of sp³-hybridized carbons (Fsp3) is 0.312. The van der Waals surface area contributed by atoms with Crippen LogP contribution in [0.3, 0.4) is 0 Å². The highest BCUT2D eigenvalue weighted by atomic mass is 79.9. The standard InChI is InChI=1S/C16H19BrN2O2S/c1-11(19(2)10-14-8-9-15(17)22-14)16(20)18-12-4-6-13(21-3)7-5-12/h4-9,11H,10H2,1-3H3,(H,18,20). The van der Waals surface area contributed by atoms with Crippen LogP contribution >= 0.6 is 27.3 Å². The van der Waals surface area contributed by atoms with Gasteiger partial charge >= 0.3 is 0 Å². The second kappa shape index (κ2) is 7.76. The van der Waals surface area contributed by atoms with Crippen molar-refractivity contribution < 1.29 is 9.53 Å². The van der Waals surface area contributed by atoms with E-state index in [4.69, 9.17) is 4.74 Å². The topological polar surface area (TPSA) is 41.6 Å². The summed E-state index contributed by atoms with van der Waals surface area (Å²) < 4.78 is 6.21. The molecule has 0 bridgehead atoms. The van der Waals surface area contributed by atoms with Crippen LogP contribution < -0.4 is 10.1 Å². The van der Waals surface area contributed by atoms with Gasteiger partial charge in [0.25, 0.3) is 0 Å². The van der Waals surface area contributed by atoms with Crippen LogP contribution in [0, 0.1) is 0 Å². The number of anilines is 1. The zero-order valence-electron chi connectivity index (χ0n) is 12.8. The molecule has 22 heavy (non-hydrogen) atoms. The second-order valence-corrected chi connectivity index (χ2v) is 7.56. The summed E-state index contributed by atoms with van der Waals surface area (Å²) in [6.07, 6.45) is 0. The number of benzene rings is 1. The summed E-state index contributed by atoms with van der Waals surface area (Å²) in [5.74, 6) is 0.745. The zero-order chi connectivity index (χ0) is 16.1. The first-order chi connectivity index (χ1) is 10.5. The van der Waals surface area contributed by atoms with Crippen molar-refractivity contribution in [1.82, 2.24) is 4.90 Å². The summed E-state index contributed by atoms with van der Waals surface area (Å²) in [5.41, 5.74) is 0.768. The van der Waals surface area contributed by atoms with E-state index in [0.717, 1.165) is 21.8 Å². The lowest BCUT2D eigenvalue weighted by molar-refractivity contribution is -0.120. The van der Waals surface area contributed by atoms with Crippen molar-refractivity contribution in [2.24, 2.45) is 0 Å². The monoisotopic (exact) mass is 382 g/mol. The molecule has 0 spiro atoms. The van der Waals surface area contributed by atoms with Crippen molar-refractivity contribution in [2.75, 3.05) is 19.5 Å². The van der Waals surface area contributed by atoms with Crippen molar-refractivity contribution in [1.29, 1.82) is 0 Å². The molecule has 1 amide bonds. The maximum absolute atomic E-state index is 12.3. The summed E-state index contributed by atoms with van der Waals surface area (Å²) in [7, 11) is 3.57. The van der Waals surface area contributed by atoms with Gasteiger partial charge in [0.2, 0.25) is 5.91 Å². The molecule has 0 aliphatic carbocycles. The molecule has 1 aromatic carbocycles. The largest absolute Gasteiger partial charge is 0.497 e. The molecule has 0 aliphatic heterocycles. The van der Waals surface area contributed by atoms with Crippen LogP contribution in [-0.2, 0) is 11.3 Å². The average molecular weight is 383 g/mol.